The SMILES string of the molecule is CC(=O)[C@@](O)([C@H](O)CO)[C@H](O)CC=O. The highest BCUT2D eigenvalue weighted by atomic mass is 16.4. The van der Waals surface area contributed by atoms with Crippen molar-refractivity contribution in [1.29, 1.82) is 0 Å². The number of ketones is 1. The fourth-order valence-corrected chi connectivity index (χ4v) is 1.10. The molecule has 0 aliphatic carbocycles. The van der Waals surface area contributed by atoms with Gasteiger partial charge in [0.1, 0.15) is 12.4 Å². The summed E-state index contributed by atoms with van der Waals surface area (Å²) >= 11 is 0. The maximum absolute atomic E-state index is 11.0. The molecule has 0 saturated carbocycles. The first-order chi connectivity index (χ1) is 6.41. The molecule has 0 aliphatic rings. The number of aldehydes is 1. The molecule has 0 aromatic rings. The van der Waals surface area contributed by atoms with Crippen molar-refractivity contribution in [2.24, 2.45) is 0 Å². The Balaban J connectivity index is 4.88. The third kappa shape index (κ3) is 2.36. The van der Waals surface area contributed by atoms with Crippen LogP contribution in [0.2, 0.25) is 0 Å². The molecule has 14 heavy (non-hydrogen) atoms. The van der Waals surface area contributed by atoms with Crippen molar-refractivity contribution < 1.29 is 30.0 Å². The molecule has 0 bridgehead atoms. The summed E-state index contributed by atoms with van der Waals surface area (Å²) in [6.07, 6.45) is -3.72. The summed E-state index contributed by atoms with van der Waals surface area (Å²) in [5.41, 5.74) is -2.49. The van der Waals surface area contributed by atoms with E-state index in [-0.39, 0.29) is 0 Å². The lowest BCUT2D eigenvalue weighted by atomic mass is 9.85. The third-order valence-corrected chi connectivity index (χ3v) is 2.07. The van der Waals surface area contributed by atoms with Crippen LogP contribution in [0.3, 0.4) is 0 Å². The molecule has 0 heterocycles. The van der Waals surface area contributed by atoms with E-state index in [1.807, 2.05) is 0 Å². The zero-order valence-corrected chi connectivity index (χ0v) is 7.75. The minimum Gasteiger partial charge on any atom is -0.394 e. The molecule has 4 N–H and O–H groups in total. The maximum atomic E-state index is 11.0. The van der Waals surface area contributed by atoms with Crippen LogP contribution < -0.4 is 0 Å². The van der Waals surface area contributed by atoms with E-state index in [4.69, 9.17) is 10.2 Å². The van der Waals surface area contributed by atoms with E-state index in [0.717, 1.165) is 6.92 Å². The molecule has 82 valence electrons. The molecule has 0 unspecified atom stereocenters. The summed E-state index contributed by atoms with van der Waals surface area (Å²) in [6, 6.07) is 0. The molecule has 0 aliphatic heterocycles. The van der Waals surface area contributed by atoms with Gasteiger partial charge in [0.2, 0.25) is 0 Å². The molecule has 0 aromatic heterocycles. The second kappa shape index (κ2) is 5.16. The Morgan fingerprint density at radius 1 is 1.43 bits per heavy atom. The van der Waals surface area contributed by atoms with Crippen molar-refractivity contribution in [2.75, 3.05) is 6.61 Å². The predicted molar refractivity (Wildman–Crippen MR) is 45.4 cm³/mol. The minimum atomic E-state index is -2.49. The fraction of sp³-hybridized carbons (Fsp3) is 0.750. The van der Waals surface area contributed by atoms with Crippen LogP contribution in [0.5, 0.6) is 0 Å². The van der Waals surface area contributed by atoms with Gasteiger partial charge in [0, 0.05) is 6.42 Å². The van der Waals surface area contributed by atoms with Gasteiger partial charge in [0.15, 0.2) is 11.4 Å². The summed E-state index contributed by atoms with van der Waals surface area (Å²) in [5.74, 6) is -0.909. The molecule has 0 rings (SSSR count). The number of Topliss-reactive ketones (excluding diaryl/α,β-unsaturated/α-hetero) is 1. The van der Waals surface area contributed by atoms with Gasteiger partial charge in [-0.15, -0.1) is 0 Å². The van der Waals surface area contributed by atoms with Crippen LogP contribution in [0, 0.1) is 0 Å². The summed E-state index contributed by atoms with van der Waals surface area (Å²) in [4.78, 5) is 21.1. The standard InChI is InChI=1S/C8H14O6/c1-5(11)8(14,7(13)4-10)6(12)2-3-9/h3,6-7,10,12-14H,2,4H2,1H3/t6-,7-,8+/m1/s1. The lowest BCUT2D eigenvalue weighted by molar-refractivity contribution is -0.176. The van der Waals surface area contributed by atoms with Gasteiger partial charge in [-0.05, 0) is 6.92 Å². The van der Waals surface area contributed by atoms with E-state index in [2.05, 4.69) is 0 Å². The Morgan fingerprint density at radius 2 is 1.93 bits per heavy atom. The van der Waals surface area contributed by atoms with Gasteiger partial charge >= 0.3 is 0 Å². The van der Waals surface area contributed by atoms with Crippen LogP contribution in [-0.4, -0.2) is 56.9 Å². The van der Waals surface area contributed by atoms with Gasteiger partial charge in [-0.1, -0.05) is 0 Å². The lowest BCUT2D eigenvalue weighted by Crippen LogP contribution is -2.58. The van der Waals surface area contributed by atoms with Crippen molar-refractivity contribution in [2.45, 2.75) is 31.2 Å². The molecular formula is C8H14O6. The van der Waals surface area contributed by atoms with Crippen molar-refractivity contribution >= 4 is 12.1 Å². The Kier molecular flexibility index (Phi) is 4.86. The van der Waals surface area contributed by atoms with E-state index >= 15 is 0 Å². The number of carbonyl (C=O) groups is 2. The van der Waals surface area contributed by atoms with Gasteiger partial charge in [-0.25, -0.2) is 0 Å². The molecule has 0 amide bonds. The zero-order valence-electron chi connectivity index (χ0n) is 7.75. The Morgan fingerprint density at radius 3 is 2.21 bits per heavy atom. The summed E-state index contributed by atoms with van der Waals surface area (Å²) in [6.45, 7) is 0.0684. The van der Waals surface area contributed by atoms with E-state index in [9.17, 15) is 19.8 Å². The Hall–Kier alpha value is -0.820. The van der Waals surface area contributed by atoms with Gasteiger partial charge in [0.05, 0.1) is 12.7 Å². The Bertz CT molecular complexity index is 216. The summed E-state index contributed by atoms with van der Waals surface area (Å²) < 4.78 is 0. The van der Waals surface area contributed by atoms with Crippen molar-refractivity contribution in [1.82, 2.24) is 0 Å². The molecule has 0 radical (unpaired) electrons. The predicted octanol–water partition coefficient (Wildman–Crippen LogP) is -2.39. The number of rotatable bonds is 6. The van der Waals surface area contributed by atoms with Crippen LogP contribution in [-0.2, 0) is 9.59 Å². The maximum Gasteiger partial charge on any atom is 0.177 e. The molecule has 0 fully saturated rings. The molecule has 6 heteroatoms. The number of aliphatic hydroxyl groups is 4. The average Bonchev–Trinajstić information content (AvgIpc) is 2.15. The fourth-order valence-electron chi connectivity index (χ4n) is 1.10. The molecule has 0 saturated heterocycles. The average molecular weight is 206 g/mol. The van der Waals surface area contributed by atoms with Gasteiger partial charge in [0.25, 0.3) is 0 Å². The van der Waals surface area contributed by atoms with E-state index < -0.39 is 36.6 Å². The summed E-state index contributed by atoms with van der Waals surface area (Å²) in [5, 5.41) is 36.6. The first-order valence-electron chi connectivity index (χ1n) is 4.05. The zero-order chi connectivity index (χ0) is 11.4. The van der Waals surface area contributed by atoms with Crippen LogP contribution in [0.4, 0.5) is 0 Å². The normalized spacial score (nSPS) is 19.5. The highest BCUT2D eigenvalue weighted by molar-refractivity contribution is 5.86. The highest BCUT2D eigenvalue weighted by Crippen LogP contribution is 2.19. The van der Waals surface area contributed by atoms with Crippen LogP contribution >= 0.6 is 0 Å². The van der Waals surface area contributed by atoms with Gasteiger partial charge < -0.3 is 25.2 Å². The van der Waals surface area contributed by atoms with Crippen LogP contribution in [0.25, 0.3) is 0 Å². The van der Waals surface area contributed by atoms with E-state index in [0.29, 0.717) is 6.29 Å². The quantitative estimate of drug-likeness (QED) is 0.360. The minimum absolute atomic E-state index is 0.308. The number of hydrogen-bond acceptors (Lipinski definition) is 6. The van der Waals surface area contributed by atoms with E-state index in [1.165, 1.54) is 0 Å². The monoisotopic (exact) mass is 206 g/mol. The highest BCUT2D eigenvalue weighted by Gasteiger charge is 2.46. The van der Waals surface area contributed by atoms with Gasteiger partial charge in [-0.3, -0.25) is 4.79 Å². The molecular weight excluding hydrogens is 192 g/mol. The van der Waals surface area contributed by atoms with Gasteiger partial charge in [-0.2, -0.15) is 0 Å². The number of carbonyl (C=O) groups excluding carboxylic acids is 2. The molecule has 0 spiro atoms. The largest absolute Gasteiger partial charge is 0.394 e. The second-order valence-corrected chi connectivity index (χ2v) is 3.00. The van der Waals surface area contributed by atoms with Crippen molar-refractivity contribution in [3.63, 3.8) is 0 Å². The lowest BCUT2D eigenvalue weighted by Gasteiger charge is -2.33. The van der Waals surface area contributed by atoms with Crippen LogP contribution in [0.15, 0.2) is 0 Å². The molecule has 0 aromatic carbocycles. The Labute approximate surface area is 80.8 Å². The second-order valence-electron chi connectivity index (χ2n) is 3.00. The first-order valence-corrected chi connectivity index (χ1v) is 4.05. The van der Waals surface area contributed by atoms with Crippen LogP contribution in [0.1, 0.15) is 13.3 Å². The molecule has 6 nitrogen and oxygen atoms in total. The smallest absolute Gasteiger partial charge is 0.177 e. The van der Waals surface area contributed by atoms with Crippen molar-refractivity contribution in [3.8, 4) is 0 Å². The van der Waals surface area contributed by atoms with E-state index in [1.54, 1.807) is 0 Å². The number of aliphatic hydroxyl groups excluding tert-OH is 3. The summed E-state index contributed by atoms with van der Waals surface area (Å²) in [7, 11) is 0. The first kappa shape index (κ1) is 13.2. The topological polar surface area (TPSA) is 115 Å². The molecule has 3 atom stereocenters. The third-order valence-electron chi connectivity index (χ3n) is 2.07. The number of hydrogen-bond donors (Lipinski definition) is 4. The van der Waals surface area contributed by atoms with Crippen molar-refractivity contribution in [3.05, 3.63) is 0 Å².